The second-order valence-corrected chi connectivity index (χ2v) is 6.43. The topological polar surface area (TPSA) is 42.0 Å². The third-order valence-corrected chi connectivity index (χ3v) is 4.84. The van der Waals surface area contributed by atoms with Crippen LogP contribution in [0.5, 0.6) is 0 Å². The molecule has 1 aliphatic rings. The molecule has 1 atom stereocenters. The van der Waals surface area contributed by atoms with E-state index in [0.717, 1.165) is 30.4 Å². The Labute approximate surface area is 147 Å². The largest absolute Gasteiger partial charge is 0.345 e. The van der Waals surface area contributed by atoms with Gasteiger partial charge >= 0.3 is 0 Å². The first-order chi connectivity index (χ1) is 12.3. The third kappa shape index (κ3) is 3.31. The number of carbonyl (C=O) groups is 1. The van der Waals surface area contributed by atoms with Crippen LogP contribution in [-0.2, 0) is 6.42 Å². The summed E-state index contributed by atoms with van der Waals surface area (Å²) in [5.74, 6) is -0.0111. The minimum absolute atomic E-state index is 0.0111. The molecular weight excluding hydrogens is 308 g/mol. The van der Waals surface area contributed by atoms with Gasteiger partial charge in [-0.2, -0.15) is 0 Å². The summed E-state index contributed by atoms with van der Waals surface area (Å²) in [6.45, 7) is 0. The van der Waals surface area contributed by atoms with Crippen LogP contribution in [0.25, 0.3) is 11.1 Å². The van der Waals surface area contributed by atoms with Crippen molar-refractivity contribution in [2.45, 2.75) is 25.3 Å². The molecule has 124 valence electrons. The van der Waals surface area contributed by atoms with Crippen LogP contribution in [-0.4, -0.2) is 10.9 Å². The first kappa shape index (κ1) is 15.6. The molecule has 0 bridgehead atoms. The van der Waals surface area contributed by atoms with E-state index in [1.165, 1.54) is 11.1 Å². The van der Waals surface area contributed by atoms with E-state index in [9.17, 15) is 4.79 Å². The van der Waals surface area contributed by atoms with E-state index in [-0.39, 0.29) is 11.9 Å². The van der Waals surface area contributed by atoms with E-state index < -0.39 is 0 Å². The van der Waals surface area contributed by atoms with E-state index in [1.807, 2.05) is 42.5 Å². The SMILES string of the molecule is O=C(NC1CCCc2ccccc21)c1ccc(-c2ccncc2)cc1. The van der Waals surface area contributed by atoms with Crippen molar-refractivity contribution in [2.24, 2.45) is 0 Å². The number of amides is 1. The van der Waals surface area contributed by atoms with Crippen LogP contribution in [0.4, 0.5) is 0 Å². The van der Waals surface area contributed by atoms with Crippen molar-refractivity contribution in [1.29, 1.82) is 0 Å². The van der Waals surface area contributed by atoms with Gasteiger partial charge in [-0.25, -0.2) is 0 Å². The summed E-state index contributed by atoms with van der Waals surface area (Å²) >= 11 is 0. The summed E-state index contributed by atoms with van der Waals surface area (Å²) in [7, 11) is 0. The number of pyridine rings is 1. The number of nitrogens with zero attached hydrogens (tertiary/aromatic N) is 1. The van der Waals surface area contributed by atoms with Gasteiger partial charge in [0.15, 0.2) is 0 Å². The van der Waals surface area contributed by atoms with Crippen LogP contribution in [0.2, 0.25) is 0 Å². The first-order valence-electron chi connectivity index (χ1n) is 8.70. The predicted molar refractivity (Wildman–Crippen MR) is 99.3 cm³/mol. The van der Waals surface area contributed by atoms with E-state index in [1.54, 1.807) is 12.4 Å². The van der Waals surface area contributed by atoms with Crippen LogP contribution in [0.3, 0.4) is 0 Å². The molecule has 1 heterocycles. The van der Waals surface area contributed by atoms with Gasteiger partial charge in [-0.15, -0.1) is 0 Å². The number of fused-ring (bicyclic) bond motifs is 1. The van der Waals surface area contributed by atoms with Gasteiger partial charge < -0.3 is 5.32 Å². The maximum absolute atomic E-state index is 12.6. The lowest BCUT2D eigenvalue weighted by Gasteiger charge is -2.26. The Kier molecular flexibility index (Phi) is 4.30. The Balaban J connectivity index is 1.51. The number of nitrogens with one attached hydrogen (secondary N) is 1. The molecule has 0 radical (unpaired) electrons. The van der Waals surface area contributed by atoms with E-state index in [4.69, 9.17) is 0 Å². The molecule has 1 amide bonds. The summed E-state index contributed by atoms with van der Waals surface area (Å²) in [5, 5.41) is 3.20. The predicted octanol–water partition coefficient (Wildman–Crippen LogP) is 4.56. The zero-order chi connectivity index (χ0) is 17.1. The van der Waals surface area contributed by atoms with Crippen molar-refractivity contribution in [1.82, 2.24) is 10.3 Å². The van der Waals surface area contributed by atoms with Crippen molar-refractivity contribution in [3.8, 4) is 11.1 Å². The standard InChI is InChI=1S/C22H20N2O/c25-22(24-21-7-3-5-18-4-1-2-6-20(18)21)19-10-8-16(9-11-19)17-12-14-23-15-13-17/h1-2,4,6,8-15,21H,3,5,7H2,(H,24,25). The summed E-state index contributed by atoms with van der Waals surface area (Å²) in [6.07, 6.45) is 6.76. The van der Waals surface area contributed by atoms with E-state index in [0.29, 0.717) is 5.56 Å². The number of carbonyl (C=O) groups excluding carboxylic acids is 1. The van der Waals surface area contributed by atoms with Crippen molar-refractivity contribution >= 4 is 5.91 Å². The first-order valence-corrected chi connectivity index (χ1v) is 8.70. The lowest BCUT2D eigenvalue weighted by Crippen LogP contribution is -2.30. The minimum atomic E-state index is -0.0111. The highest BCUT2D eigenvalue weighted by Gasteiger charge is 2.21. The highest BCUT2D eigenvalue weighted by Crippen LogP contribution is 2.29. The smallest absolute Gasteiger partial charge is 0.251 e. The molecule has 3 heteroatoms. The molecule has 1 aliphatic carbocycles. The molecule has 1 unspecified atom stereocenters. The Bertz CT molecular complexity index is 872. The van der Waals surface area contributed by atoms with Gasteiger partial charge in [-0.1, -0.05) is 36.4 Å². The average Bonchev–Trinajstić information content (AvgIpc) is 2.69. The van der Waals surface area contributed by atoms with Gasteiger partial charge in [0.05, 0.1) is 6.04 Å². The number of hydrogen-bond donors (Lipinski definition) is 1. The number of hydrogen-bond acceptors (Lipinski definition) is 2. The van der Waals surface area contributed by atoms with Gasteiger partial charge in [0.2, 0.25) is 0 Å². The summed E-state index contributed by atoms with van der Waals surface area (Å²) in [5.41, 5.74) is 5.49. The number of rotatable bonds is 3. The van der Waals surface area contributed by atoms with Crippen LogP contribution in [0.1, 0.15) is 40.4 Å². The Morgan fingerprint density at radius 1 is 0.920 bits per heavy atom. The van der Waals surface area contributed by atoms with Crippen LogP contribution < -0.4 is 5.32 Å². The molecule has 0 aliphatic heterocycles. The fourth-order valence-electron chi connectivity index (χ4n) is 3.50. The molecule has 0 spiro atoms. The molecule has 25 heavy (non-hydrogen) atoms. The van der Waals surface area contributed by atoms with E-state index in [2.05, 4.69) is 28.5 Å². The van der Waals surface area contributed by atoms with Crippen LogP contribution in [0.15, 0.2) is 73.1 Å². The van der Waals surface area contributed by atoms with Crippen LogP contribution in [0, 0.1) is 0 Å². The molecule has 3 nitrogen and oxygen atoms in total. The molecule has 4 rings (SSSR count). The summed E-state index contributed by atoms with van der Waals surface area (Å²) in [6, 6.07) is 20.2. The zero-order valence-electron chi connectivity index (χ0n) is 14.0. The minimum Gasteiger partial charge on any atom is -0.345 e. The maximum Gasteiger partial charge on any atom is 0.251 e. The van der Waals surface area contributed by atoms with Crippen molar-refractivity contribution in [3.05, 3.63) is 89.7 Å². The van der Waals surface area contributed by atoms with Crippen LogP contribution >= 0.6 is 0 Å². The lowest BCUT2D eigenvalue weighted by molar-refractivity contribution is 0.0933. The molecule has 2 aromatic carbocycles. The quantitative estimate of drug-likeness (QED) is 0.766. The monoisotopic (exact) mass is 328 g/mol. The molecule has 1 N–H and O–H groups in total. The van der Waals surface area contributed by atoms with Crippen molar-refractivity contribution in [2.75, 3.05) is 0 Å². The third-order valence-electron chi connectivity index (χ3n) is 4.84. The van der Waals surface area contributed by atoms with Gasteiger partial charge in [-0.3, -0.25) is 9.78 Å². The second kappa shape index (κ2) is 6.89. The van der Waals surface area contributed by atoms with Crippen molar-refractivity contribution in [3.63, 3.8) is 0 Å². The normalized spacial score (nSPS) is 16.1. The average molecular weight is 328 g/mol. The van der Waals surface area contributed by atoms with E-state index >= 15 is 0 Å². The fraction of sp³-hybridized carbons (Fsp3) is 0.182. The van der Waals surface area contributed by atoms with Gasteiger partial charge in [0.25, 0.3) is 5.91 Å². The lowest BCUT2D eigenvalue weighted by atomic mass is 9.87. The number of aryl methyl sites for hydroxylation is 1. The van der Waals surface area contributed by atoms with Crippen molar-refractivity contribution < 1.29 is 4.79 Å². The Hall–Kier alpha value is -2.94. The summed E-state index contributed by atoms with van der Waals surface area (Å²) < 4.78 is 0. The summed E-state index contributed by atoms with van der Waals surface area (Å²) in [4.78, 5) is 16.7. The van der Waals surface area contributed by atoms with Gasteiger partial charge in [0.1, 0.15) is 0 Å². The van der Waals surface area contributed by atoms with Gasteiger partial charge in [0, 0.05) is 18.0 Å². The Morgan fingerprint density at radius 2 is 1.64 bits per heavy atom. The highest BCUT2D eigenvalue weighted by atomic mass is 16.1. The van der Waals surface area contributed by atoms with Gasteiger partial charge in [-0.05, 0) is 65.8 Å². The Morgan fingerprint density at radius 3 is 2.44 bits per heavy atom. The molecule has 0 saturated carbocycles. The maximum atomic E-state index is 12.6. The fourth-order valence-corrected chi connectivity index (χ4v) is 3.50. The molecule has 0 fully saturated rings. The molecule has 0 saturated heterocycles. The zero-order valence-corrected chi connectivity index (χ0v) is 14.0. The molecule has 1 aromatic heterocycles. The molecular formula is C22H20N2O. The number of aromatic nitrogens is 1. The highest BCUT2D eigenvalue weighted by molar-refractivity contribution is 5.95. The number of benzene rings is 2. The molecule has 3 aromatic rings. The second-order valence-electron chi connectivity index (χ2n) is 6.43.